The Kier molecular flexibility index (Phi) is 29.1. The summed E-state index contributed by atoms with van der Waals surface area (Å²) in [5, 5.41) is 8.88. The van der Waals surface area contributed by atoms with E-state index >= 15 is 0 Å². The van der Waals surface area contributed by atoms with Crippen LogP contribution in [0, 0.1) is 23.7 Å². The third-order valence-corrected chi connectivity index (χ3v) is 13.5. The number of halogens is 2. The first-order valence-corrected chi connectivity index (χ1v) is 29.9. The van der Waals surface area contributed by atoms with Gasteiger partial charge >= 0.3 is 18.3 Å². The smallest absolute Gasteiger partial charge is 0.407 e. The fourth-order valence-electron chi connectivity index (χ4n) is 9.25. The van der Waals surface area contributed by atoms with E-state index in [1.807, 2.05) is 123 Å². The third-order valence-electron chi connectivity index (χ3n) is 13.5. The van der Waals surface area contributed by atoms with Crippen molar-refractivity contribution in [1.29, 1.82) is 0 Å². The molecule has 4 saturated carbocycles. The van der Waals surface area contributed by atoms with Crippen LogP contribution in [0.3, 0.4) is 0 Å². The lowest BCUT2D eigenvalue weighted by molar-refractivity contribution is 0.0510. The Balaban J connectivity index is 0.000000280. The summed E-state index contributed by atoms with van der Waals surface area (Å²) in [5.41, 5.74) is 15.2. The van der Waals surface area contributed by atoms with Gasteiger partial charge in [0.2, 0.25) is 0 Å². The first-order valence-electron chi connectivity index (χ1n) is 28.8. The van der Waals surface area contributed by atoms with Gasteiger partial charge in [0.1, 0.15) is 16.8 Å². The third kappa shape index (κ3) is 28.1. The molecule has 4 aromatic carbocycles. The normalized spacial score (nSPS) is 21.7. The summed E-state index contributed by atoms with van der Waals surface area (Å²) in [7, 11) is 0. The second-order valence-corrected chi connectivity index (χ2v) is 24.2. The molecule has 4 aliphatic carbocycles. The molecule has 0 saturated heterocycles. The molecule has 81 heavy (non-hydrogen) atoms. The van der Waals surface area contributed by atoms with Crippen LogP contribution in [0.5, 0.6) is 0 Å². The number of benzene rings is 4. The number of carbonyl (C=O) groups excluding carboxylic acids is 3. The highest BCUT2D eigenvalue weighted by molar-refractivity contribution is 7.93. The Morgan fingerprint density at radius 2 is 0.654 bits per heavy atom. The lowest BCUT2D eigenvalue weighted by Crippen LogP contribution is -2.34. The molecule has 8 rings (SSSR count). The summed E-state index contributed by atoms with van der Waals surface area (Å²) in [5.74, 6) is 1.99. The molecule has 8 atom stereocenters. The van der Waals surface area contributed by atoms with Crippen molar-refractivity contribution in [3.8, 4) is 0 Å². The van der Waals surface area contributed by atoms with E-state index < -0.39 is 16.8 Å². The molecule has 444 valence electrons. The van der Waals surface area contributed by atoms with Gasteiger partial charge in [-0.05, 0) is 142 Å². The first kappa shape index (κ1) is 69.4. The highest BCUT2D eigenvalue weighted by Gasteiger charge is 2.43. The van der Waals surface area contributed by atoms with E-state index in [1.54, 1.807) is 0 Å². The second kappa shape index (κ2) is 33.9. The molecule has 13 heteroatoms. The van der Waals surface area contributed by atoms with Crippen molar-refractivity contribution >= 4 is 67.1 Å². The van der Waals surface area contributed by atoms with Crippen molar-refractivity contribution in [2.24, 2.45) is 29.4 Å². The molecule has 10 nitrogen and oxygen atoms in total. The number of rotatable bonds is 15. The van der Waals surface area contributed by atoms with Gasteiger partial charge in [0, 0.05) is 60.3 Å². The lowest BCUT2D eigenvalue weighted by Gasteiger charge is -2.19. The fourth-order valence-corrected chi connectivity index (χ4v) is 9.25. The van der Waals surface area contributed by atoms with Crippen LogP contribution in [0.15, 0.2) is 144 Å². The van der Waals surface area contributed by atoms with Crippen LogP contribution in [0.2, 0.25) is 0 Å². The maximum atomic E-state index is 11.8. The fraction of sp³-hybridized carbons (Fsp3) is 0.485. The number of alkyl carbamates (subject to hydrolysis) is 3. The molecular weight excluding hydrogens is 1060 g/mol. The van der Waals surface area contributed by atoms with Gasteiger partial charge in [-0.25, -0.2) is 14.4 Å². The van der Waals surface area contributed by atoms with Gasteiger partial charge in [-0.3, -0.25) is 0 Å². The number of amides is 3. The molecule has 0 unspecified atom stereocenters. The molecule has 0 aliphatic heterocycles. The highest BCUT2D eigenvalue weighted by atomic mass is 35.5. The molecule has 4 aromatic rings. The van der Waals surface area contributed by atoms with Crippen LogP contribution >= 0.6 is 24.6 Å². The molecule has 3 amide bonds. The summed E-state index contributed by atoms with van der Waals surface area (Å²) in [6.07, 6.45) is 17.8. The Morgan fingerprint density at radius 3 is 0.827 bits per heavy atom. The first-order chi connectivity index (χ1) is 37.9. The molecule has 0 heterocycles. The second-order valence-electron chi connectivity index (χ2n) is 23.9. The number of hydrogen-bond donors (Lipinski definition) is 4. The Hall–Kier alpha value is -5.82. The van der Waals surface area contributed by atoms with E-state index in [2.05, 4.69) is 129 Å². The number of hydrogen-bond acceptors (Lipinski definition) is 8. The zero-order chi connectivity index (χ0) is 59.0. The van der Waals surface area contributed by atoms with Crippen LogP contribution in [0.4, 0.5) is 18.3 Å². The molecular formula is C68H96ClFN4O6S. The quantitative estimate of drug-likeness (QED) is 0.0863. The van der Waals surface area contributed by atoms with E-state index in [0.717, 1.165) is 44.9 Å². The zero-order valence-corrected chi connectivity index (χ0v) is 52.5. The molecule has 4 aliphatic rings. The number of carbonyl (C=O) groups is 3. The van der Waals surface area contributed by atoms with Gasteiger partial charge < -0.3 is 35.9 Å². The average Bonchev–Trinajstić information content (AvgIpc) is 4.21. The van der Waals surface area contributed by atoms with Crippen molar-refractivity contribution in [1.82, 2.24) is 16.0 Å². The maximum Gasteiger partial charge on any atom is 0.407 e. The van der Waals surface area contributed by atoms with Crippen molar-refractivity contribution in [2.75, 3.05) is 6.26 Å². The predicted octanol–water partition coefficient (Wildman–Crippen LogP) is 17.7. The average molecular weight is 1150 g/mol. The summed E-state index contributed by atoms with van der Waals surface area (Å²) in [6, 6.07) is 42.5. The molecule has 0 bridgehead atoms. The van der Waals surface area contributed by atoms with Crippen LogP contribution in [-0.2, 0) is 14.2 Å². The van der Waals surface area contributed by atoms with E-state index in [9.17, 15) is 18.3 Å². The molecule has 0 radical (unpaired) electrons. The topological polar surface area (TPSA) is 141 Å². The van der Waals surface area contributed by atoms with Crippen LogP contribution in [0.1, 0.15) is 164 Å². The lowest BCUT2D eigenvalue weighted by atomic mass is 10.0. The predicted molar refractivity (Wildman–Crippen MR) is 341 cm³/mol. The summed E-state index contributed by atoms with van der Waals surface area (Å²) in [6.45, 7) is 25.6. The van der Waals surface area contributed by atoms with Gasteiger partial charge in [0.15, 0.2) is 0 Å². The van der Waals surface area contributed by atoms with Crippen LogP contribution < -0.4 is 21.7 Å². The van der Waals surface area contributed by atoms with Crippen molar-refractivity contribution in [3.63, 3.8) is 0 Å². The van der Waals surface area contributed by atoms with Gasteiger partial charge in [0.25, 0.3) is 0 Å². The van der Waals surface area contributed by atoms with Crippen LogP contribution in [-0.4, -0.2) is 65.5 Å². The molecule has 4 fully saturated rings. The van der Waals surface area contributed by atoms with Crippen molar-refractivity contribution < 1.29 is 32.5 Å². The Bertz CT molecular complexity index is 2400. The summed E-state index contributed by atoms with van der Waals surface area (Å²) >= 11 is 0.250. The number of nitrogens with one attached hydrogen (secondary N) is 3. The number of nitrogens with two attached hydrogens (primary N) is 1. The molecule has 0 aromatic heterocycles. The minimum Gasteiger partial charge on any atom is -0.444 e. The Morgan fingerprint density at radius 1 is 0.457 bits per heavy atom. The van der Waals surface area contributed by atoms with Crippen molar-refractivity contribution in [2.45, 2.75) is 182 Å². The standard InChI is InChI=1S/3C18H25NO2.C13H17N.CH3FS.ClH/c3*1-5-14(11-13-9-7-6-8-10-13)15-12-16(15)19-17(20)21-18(2,3)4;1-2-11(12-9-13(12)14)8-10-6-4-3-5-7-10;1-3-2;/h3*6-11,15-16H,5,12H2,1-4H3,(H,19,20);3-8,12-13H,2,9,14H2,1H3;1H3;1H/b3*14-11+;11-8+;;/t3*15-,16+;12-,13+;;/m1000../s1. The van der Waals surface area contributed by atoms with Gasteiger partial charge in [-0.1, -0.05) is 196 Å². The maximum absolute atomic E-state index is 11.8. The van der Waals surface area contributed by atoms with Gasteiger partial charge in [-0.2, -0.15) is 3.89 Å². The van der Waals surface area contributed by atoms with E-state index in [0.29, 0.717) is 29.7 Å². The monoisotopic (exact) mass is 1150 g/mol. The van der Waals surface area contributed by atoms with Crippen molar-refractivity contribution in [3.05, 3.63) is 166 Å². The van der Waals surface area contributed by atoms with E-state index in [-0.39, 0.29) is 61.0 Å². The largest absolute Gasteiger partial charge is 0.444 e. The SMILES string of the molecule is CC/C(=C\c1ccccc1)[C@@H]1C[C@H]1N.CC/C(=C\c1ccccc1)[C@@H]1C[C@H]1NC(=O)OC(C)(C)C.CC/C(=C\c1ccccc1)[C@@H]1C[C@H]1NC(=O)OC(C)(C)C.CC/C(=C\c1ccccc1)[C@H]1C[C@@H]1NC(=O)OC(C)(C)C.CSF.Cl. The Labute approximate surface area is 496 Å². The summed E-state index contributed by atoms with van der Waals surface area (Å²) < 4.78 is 26.1. The van der Waals surface area contributed by atoms with Gasteiger partial charge in [-0.15, -0.1) is 12.4 Å². The van der Waals surface area contributed by atoms with Crippen LogP contribution in [0.25, 0.3) is 24.3 Å². The molecule has 5 N–H and O–H groups in total. The van der Waals surface area contributed by atoms with E-state index in [1.165, 1.54) is 57.2 Å². The zero-order valence-electron chi connectivity index (χ0n) is 50.9. The minimum atomic E-state index is -0.443. The highest BCUT2D eigenvalue weighted by Crippen LogP contribution is 2.42. The number of ether oxygens (including phenoxy) is 3. The minimum absolute atomic E-state index is 0. The van der Waals surface area contributed by atoms with Gasteiger partial charge in [0.05, 0.1) is 0 Å². The summed E-state index contributed by atoms with van der Waals surface area (Å²) in [4.78, 5) is 35.3. The molecule has 0 spiro atoms. The van der Waals surface area contributed by atoms with E-state index in [4.69, 9.17) is 19.9 Å².